The van der Waals surface area contributed by atoms with Gasteiger partial charge in [0.05, 0.1) is 0 Å². The van der Waals surface area contributed by atoms with E-state index in [0.29, 0.717) is 17.6 Å². The second-order valence-electron chi connectivity index (χ2n) is 7.22. The van der Waals surface area contributed by atoms with Crippen molar-refractivity contribution in [1.82, 2.24) is 0 Å². The predicted molar refractivity (Wildman–Crippen MR) is 79.7 cm³/mol. The molecule has 1 aromatic rings. The van der Waals surface area contributed by atoms with Crippen LogP contribution in [0.4, 0.5) is 0 Å². The molecule has 2 heteroatoms. The lowest BCUT2D eigenvalue weighted by molar-refractivity contribution is 0.0537. The Morgan fingerprint density at radius 2 is 2.05 bits per heavy atom. The number of aromatic hydroxyl groups is 1. The maximum Gasteiger partial charge on any atom is 0.127 e. The van der Waals surface area contributed by atoms with Gasteiger partial charge in [-0.05, 0) is 68.9 Å². The topological polar surface area (TPSA) is 29.5 Å². The summed E-state index contributed by atoms with van der Waals surface area (Å²) in [7, 11) is 0. The number of hydrogen-bond donors (Lipinski definition) is 1. The van der Waals surface area contributed by atoms with Crippen molar-refractivity contribution in [1.29, 1.82) is 0 Å². The molecular weight excluding hydrogens is 248 g/mol. The summed E-state index contributed by atoms with van der Waals surface area (Å²) in [6, 6.07) is 1.99. The van der Waals surface area contributed by atoms with Crippen molar-refractivity contribution >= 4 is 0 Å². The fourth-order valence-electron chi connectivity index (χ4n) is 4.79. The van der Waals surface area contributed by atoms with E-state index >= 15 is 0 Å². The van der Waals surface area contributed by atoms with Gasteiger partial charge >= 0.3 is 0 Å². The molecule has 1 fully saturated rings. The summed E-state index contributed by atoms with van der Waals surface area (Å²) in [6.45, 7) is 4.49. The number of benzene rings is 1. The van der Waals surface area contributed by atoms with Crippen molar-refractivity contribution in [2.75, 3.05) is 0 Å². The van der Waals surface area contributed by atoms with E-state index in [-0.39, 0.29) is 5.60 Å². The van der Waals surface area contributed by atoms with Gasteiger partial charge in [-0.15, -0.1) is 0 Å². The van der Waals surface area contributed by atoms with Crippen molar-refractivity contribution in [3.63, 3.8) is 0 Å². The molecule has 3 atom stereocenters. The highest BCUT2D eigenvalue weighted by Crippen LogP contribution is 2.60. The first-order valence-electron chi connectivity index (χ1n) is 8.19. The maximum absolute atomic E-state index is 10.4. The molecule has 1 aromatic carbocycles. The van der Waals surface area contributed by atoms with Crippen molar-refractivity contribution in [3.05, 3.63) is 22.8 Å². The first-order chi connectivity index (χ1) is 9.61. The predicted octanol–water partition coefficient (Wildman–Crippen LogP) is 4.64. The lowest BCUT2D eigenvalue weighted by Gasteiger charge is -2.38. The average Bonchev–Trinajstić information content (AvgIpc) is 3.01. The Balaban J connectivity index is 1.82. The number of aryl methyl sites for hydroxylation is 1. The molecule has 1 N–H and O–H groups in total. The van der Waals surface area contributed by atoms with Crippen molar-refractivity contribution in [2.24, 2.45) is 0 Å². The molecular formula is C18H24O2. The van der Waals surface area contributed by atoms with Crippen molar-refractivity contribution < 1.29 is 9.84 Å². The van der Waals surface area contributed by atoms with Gasteiger partial charge in [0.25, 0.3) is 0 Å². The molecule has 0 spiro atoms. The smallest absolute Gasteiger partial charge is 0.127 e. The van der Waals surface area contributed by atoms with Gasteiger partial charge in [-0.2, -0.15) is 0 Å². The normalized spacial score (nSPS) is 33.7. The fourth-order valence-corrected chi connectivity index (χ4v) is 4.79. The zero-order valence-corrected chi connectivity index (χ0v) is 12.5. The molecule has 4 rings (SSSR count). The van der Waals surface area contributed by atoms with Crippen LogP contribution in [-0.4, -0.2) is 10.7 Å². The van der Waals surface area contributed by atoms with Gasteiger partial charge in [0.15, 0.2) is 0 Å². The van der Waals surface area contributed by atoms with E-state index in [2.05, 4.69) is 13.8 Å². The molecule has 2 bridgehead atoms. The third-order valence-electron chi connectivity index (χ3n) is 5.71. The fraction of sp³-hybridized carbons (Fsp3) is 0.667. The molecule has 20 heavy (non-hydrogen) atoms. The minimum atomic E-state index is -0.00563. The van der Waals surface area contributed by atoms with E-state index in [1.54, 1.807) is 0 Å². The second-order valence-corrected chi connectivity index (χ2v) is 7.22. The van der Waals surface area contributed by atoms with Gasteiger partial charge < -0.3 is 9.84 Å². The summed E-state index contributed by atoms with van der Waals surface area (Å²) in [4.78, 5) is 0. The van der Waals surface area contributed by atoms with Gasteiger partial charge in [-0.3, -0.25) is 0 Å². The lowest BCUT2D eigenvalue weighted by Crippen LogP contribution is -2.36. The second kappa shape index (κ2) is 4.16. The Morgan fingerprint density at radius 1 is 1.30 bits per heavy atom. The number of phenols is 1. The van der Waals surface area contributed by atoms with Crippen LogP contribution < -0.4 is 4.74 Å². The highest BCUT2D eigenvalue weighted by molar-refractivity contribution is 5.60. The molecule has 1 saturated carbocycles. The molecule has 108 valence electrons. The highest BCUT2D eigenvalue weighted by atomic mass is 16.5. The summed E-state index contributed by atoms with van der Waals surface area (Å²) in [5.41, 5.74) is 3.83. The Morgan fingerprint density at radius 3 is 2.80 bits per heavy atom. The largest absolute Gasteiger partial charge is 0.508 e. The molecule has 0 aromatic heterocycles. The third-order valence-corrected chi connectivity index (χ3v) is 5.71. The summed E-state index contributed by atoms with van der Waals surface area (Å²) < 4.78 is 6.50. The number of phenolic OH excluding ortho intramolecular Hbond substituents is 1. The van der Waals surface area contributed by atoms with Gasteiger partial charge in [0, 0.05) is 11.1 Å². The van der Waals surface area contributed by atoms with Crippen LogP contribution in [0.15, 0.2) is 6.07 Å². The van der Waals surface area contributed by atoms with E-state index in [0.717, 1.165) is 31.4 Å². The Hall–Kier alpha value is -1.18. The van der Waals surface area contributed by atoms with E-state index in [9.17, 15) is 5.11 Å². The van der Waals surface area contributed by atoms with Crippen LogP contribution in [0, 0.1) is 0 Å². The van der Waals surface area contributed by atoms with E-state index in [1.807, 2.05) is 6.07 Å². The van der Waals surface area contributed by atoms with Crippen LogP contribution in [0.5, 0.6) is 11.5 Å². The van der Waals surface area contributed by atoms with Crippen LogP contribution in [0.25, 0.3) is 0 Å². The molecule has 3 aliphatic rings. The Labute approximate surface area is 121 Å². The average molecular weight is 272 g/mol. The maximum atomic E-state index is 10.4. The van der Waals surface area contributed by atoms with Gasteiger partial charge in [0.2, 0.25) is 0 Å². The molecule has 0 saturated heterocycles. The lowest BCUT2D eigenvalue weighted by atomic mass is 9.83. The van der Waals surface area contributed by atoms with Gasteiger partial charge in [0.1, 0.15) is 17.1 Å². The zero-order valence-electron chi connectivity index (χ0n) is 12.5. The summed E-state index contributed by atoms with van der Waals surface area (Å²) in [6.07, 6.45) is 8.16. The molecule has 1 heterocycles. The molecule has 0 radical (unpaired) electrons. The minimum absolute atomic E-state index is 0.00563. The Bertz CT molecular complexity index is 563. The molecule has 0 amide bonds. The molecule has 0 unspecified atom stereocenters. The number of fused-ring (bicyclic) bond motifs is 7. The number of ether oxygens (including phenoxy) is 1. The first-order valence-corrected chi connectivity index (χ1v) is 8.19. The Kier molecular flexibility index (Phi) is 2.61. The van der Waals surface area contributed by atoms with E-state index in [4.69, 9.17) is 4.74 Å². The van der Waals surface area contributed by atoms with Crippen LogP contribution >= 0.6 is 0 Å². The SMILES string of the molecule is CCC[C@@]1(C)CCc2cc(O)c3c(c2O1)[C@H]1CC[C@@H]3C1. The highest BCUT2D eigenvalue weighted by Gasteiger charge is 2.44. The first kappa shape index (κ1) is 12.6. The molecule has 2 nitrogen and oxygen atoms in total. The summed E-state index contributed by atoms with van der Waals surface area (Å²) in [5, 5.41) is 10.4. The van der Waals surface area contributed by atoms with Crippen LogP contribution in [0.1, 0.15) is 80.9 Å². The monoisotopic (exact) mass is 272 g/mol. The standard InChI is InChI=1S/C18H24O2/c1-3-7-18(2)8-6-13-10-14(19)15-11-4-5-12(9-11)16(15)17(13)20-18/h10-12,19H,3-9H2,1-2H3/t11-,12+,18+/m1/s1. The van der Waals surface area contributed by atoms with E-state index < -0.39 is 0 Å². The van der Waals surface area contributed by atoms with Crippen molar-refractivity contribution in [3.8, 4) is 11.5 Å². The number of rotatable bonds is 2. The van der Waals surface area contributed by atoms with E-state index in [1.165, 1.54) is 36.0 Å². The molecule has 2 aliphatic carbocycles. The third kappa shape index (κ3) is 1.63. The molecule has 1 aliphatic heterocycles. The van der Waals surface area contributed by atoms with Gasteiger partial charge in [-0.25, -0.2) is 0 Å². The van der Waals surface area contributed by atoms with Crippen LogP contribution in [0.2, 0.25) is 0 Å². The summed E-state index contributed by atoms with van der Waals surface area (Å²) >= 11 is 0. The minimum Gasteiger partial charge on any atom is -0.508 e. The quantitative estimate of drug-likeness (QED) is 0.849. The van der Waals surface area contributed by atoms with Gasteiger partial charge in [-0.1, -0.05) is 13.3 Å². The van der Waals surface area contributed by atoms with Crippen LogP contribution in [-0.2, 0) is 6.42 Å². The number of hydrogen-bond acceptors (Lipinski definition) is 2. The van der Waals surface area contributed by atoms with Crippen LogP contribution in [0.3, 0.4) is 0 Å². The van der Waals surface area contributed by atoms with Crippen molar-refractivity contribution in [2.45, 2.75) is 76.2 Å². The summed E-state index contributed by atoms with van der Waals surface area (Å²) in [5.74, 6) is 2.91. The zero-order chi connectivity index (χ0) is 13.9.